The van der Waals surface area contributed by atoms with Gasteiger partial charge in [0.05, 0.1) is 37.0 Å². The van der Waals surface area contributed by atoms with Crippen molar-refractivity contribution in [1.29, 1.82) is 0 Å². The Kier molecular flexibility index (Phi) is 11.4. The molecule has 62 heavy (non-hydrogen) atoms. The van der Waals surface area contributed by atoms with E-state index in [1.165, 1.54) is 62.4 Å². The molecule has 2 saturated carbocycles. The van der Waals surface area contributed by atoms with Crippen molar-refractivity contribution in [3.8, 4) is 0 Å². The van der Waals surface area contributed by atoms with Crippen molar-refractivity contribution in [2.75, 3.05) is 6.61 Å². The summed E-state index contributed by atoms with van der Waals surface area (Å²) in [5, 5.41) is 40.2. The first-order chi connectivity index (χ1) is 29.7. The Labute approximate surface area is 359 Å². The fourth-order valence-corrected chi connectivity index (χ4v) is 10.1. The molecular formula is C47H51NO14. The monoisotopic (exact) mass is 855 g/mol. The van der Waals surface area contributed by atoms with Crippen LogP contribution in [-0.4, -0.2) is 105 Å². The van der Waals surface area contributed by atoms with Gasteiger partial charge in [-0.3, -0.25) is 19.2 Å². The van der Waals surface area contributed by atoms with Crippen molar-refractivity contribution in [2.24, 2.45) is 16.7 Å². The highest BCUT2D eigenvalue weighted by molar-refractivity contribution is 5.96. The van der Waals surface area contributed by atoms with E-state index in [1.54, 1.807) is 50.2 Å². The molecule has 328 valence electrons. The summed E-state index contributed by atoms with van der Waals surface area (Å²) in [5.74, 6) is -7.04. The van der Waals surface area contributed by atoms with Gasteiger partial charge >= 0.3 is 23.9 Å². The zero-order chi connectivity index (χ0) is 45.8. The zero-order valence-electron chi connectivity index (χ0n) is 36.2. The largest absolute Gasteiger partial charge is 0.456 e. The average molecular weight is 856 g/mol. The molecule has 15 heteroatoms. The molecule has 0 spiro atoms. The number of benzene rings is 3. The summed E-state index contributed by atoms with van der Waals surface area (Å²) in [5.41, 5.74) is -7.39. The molecule has 2 bridgehead atoms. The van der Waals surface area contributed by atoms with Gasteiger partial charge in [0, 0.05) is 37.7 Å². The number of amides is 1. The van der Waals surface area contributed by atoms with Gasteiger partial charge < -0.3 is 44.3 Å². The number of carbonyl (C=O) groups excluding carboxylic acids is 6. The number of carbonyl (C=O) groups is 6. The van der Waals surface area contributed by atoms with E-state index in [1.807, 2.05) is 0 Å². The van der Waals surface area contributed by atoms with Crippen LogP contribution in [0.3, 0.4) is 0 Å². The van der Waals surface area contributed by atoms with E-state index in [0.717, 1.165) is 13.8 Å². The van der Waals surface area contributed by atoms with Crippen LogP contribution in [-0.2, 0) is 42.9 Å². The van der Waals surface area contributed by atoms with Gasteiger partial charge in [-0.05, 0) is 54.8 Å². The van der Waals surface area contributed by atoms with Crippen LogP contribution < -0.4 is 5.32 Å². The first kappa shape index (κ1) is 42.9. The molecule has 1 saturated heterocycles. The van der Waals surface area contributed by atoms with Crippen LogP contribution in [0, 0.1) is 16.7 Å². The second kappa shape index (κ2) is 16.5. The Hall–Kier alpha value is -5.74. The molecule has 0 radical (unpaired) electrons. The van der Waals surface area contributed by atoms with E-state index < -0.39 is 113 Å². The Balaban J connectivity index is 1.39. The molecule has 1 aliphatic heterocycles. The second-order valence-electron chi connectivity index (χ2n) is 17.3. The third kappa shape index (κ3) is 7.29. The lowest BCUT2D eigenvalue weighted by molar-refractivity contribution is -0.346. The lowest BCUT2D eigenvalue weighted by atomic mass is 9.44. The van der Waals surface area contributed by atoms with Gasteiger partial charge in [0.15, 0.2) is 23.6 Å². The maximum Gasteiger partial charge on any atom is 0.338 e. The lowest BCUT2D eigenvalue weighted by Crippen LogP contribution is -2.82. The molecule has 1 amide bonds. The molecule has 15 nitrogen and oxygen atoms in total. The number of esters is 4. The molecule has 4 N–H and O–H groups in total. The molecule has 0 unspecified atom stereocenters. The summed E-state index contributed by atoms with van der Waals surface area (Å²) in [6.07, 6.45) is -10.8. The predicted molar refractivity (Wildman–Crippen MR) is 218 cm³/mol. The topological polar surface area (TPSA) is 221 Å². The summed E-state index contributed by atoms with van der Waals surface area (Å²) in [6, 6.07) is 20.2. The van der Waals surface area contributed by atoms with E-state index in [4.69, 9.17) is 25.1 Å². The van der Waals surface area contributed by atoms with Crippen LogP contribution in [0.25, 0.3) is 0 Å². The number of aliphatic hydroxyl groups is 3. The fourth-order valence-electron chi connectivity index (χ4n) is 10.1. The van der Waals surface area contributed by atoms with Crippen LogP contribution in [0.15, 0.2) is 102 Å². The minimum absolute atomic E-state index is 0.0206. The number of fused-ring (bicyclic) bond motifs is 5. The summed E-state index contributed by atoms with van der Waals surface area (Å²) in [4.78, 5) is 83.6. The Bertz CT molecular complexity index is 2350. The molecule has 4 aliphatic rings. The number of aliphatic hydroxyl groups excluding tert-OH is 2. The minimum Gasteiger partial charge on any atom is -0.456 e. The van der Waals surface area contributed by atoms with E-state index in [-0.39, 0.29) is 46.9 Å². The van der Waals surface area contributed by atoms with Gasteiger partial charge in [-0.1, -0.05) is 80.6 Å². The Morgan fingerprint density at radius 1 is 0.871 bits per heavy atom. The predicted octanol–water partition coefficient (Wildman–Crippen LogP) is 3.74. The molecule has 7 rings (SSSR count). The van der Waals surface area contributed by atoms with Crippen molar-refractivity contribution in [2.45, 2.75) is 108 Å². The fraction of sp³-hybridized carbons (Fsp3) is 0.447. The molecule has 1 heterocycles. The van der Waals surface area contributed by atoms with Crippen molar-refractivity contribution in [3.05, 3.63) is 119 Å². The van der Waals surface area contributed by atoms with Crippen molar-refractivity contribution in [3.63, 3.8) is 0 Å². The third-order valence-corrected chi connectivity index (χ3v) is 13.4. The van der Waals surface area contributed by atoms with Gasteiger partial charge in [0.1, 0.15) is 23.9 Å². The van der Waals surface area contributed by atoms with E-state index in [2.05, 4.69) is 5.32 Å². The first-order valence-electron chi connectivity index (χ1n) is 20.9. The molecule has 3 aromatic rings. The normalized spacial score (nSPS) is 32.1. The lowest BCUT2D eigenvalue weighted by Gasteiger charge is -2.67. The highest BCUT2D eigenvalue weighted by atomic mass is 16.6. The molecule has 3 aromatic carbocycles. The van der Waals surface area contributed by atoms with Gasteiger partial charge in [0.2, 0.25) is 0 Å². The van der Waals surface area contributed by atoms with Crippen LogP contribution in [0.4, 0.5) is 0 Å². The van der Waals surface area contributed by atoms with Gasteiger partial charge in [-0.25, -0.2) is 9.59 Å². The number of hydrogen-bond acceptors (Lipinski definition) is 14. The van der Waals surface area contributed by atoms with Crippen molar-refractivity contribution >= 4 is 35.6 Å². The number of rotatable bonds is 10. The Morgan fingerprint density at radius 3 is 2.08 bits per heavy atom. The number of Topliss-reactive ketones (excluding diaryl/α,β-unsaturated/α-hetero) is 1. The van der Waals surface area contributed by atoms with Gasteiger partial charge in [-0.2, -0.15) is 0 Å². The van der Waals surface area contributed by atoms with E-state index >= 15 is 4.79 Å². The molecule has 3 fully saturated rings. The summed E-state index contributed by atoms with van der Waals surface area (Å²) in [6.45, 7) is 7.88. The average Bonchev–Trinajstić information content (AvgIpc) is 3.23. The zero-order valence-corrected chi connectivity index (χ0v) is 35.2. The summed E-state index contributed by atoms with van der Waals surface area (Å²) in [7, 11) is 0. The highest BCUT2D eigenvalue weighted by Gasteiger charge is 2.78. The van der Waals surface area contributed by atoms with Gasteiger partial charge in [-0.15, -0.1) is 0 Å². The standard InChI is InChI=1S/C47H51NO14/c1-25-31(60-43(56)36(52)35(28-16-10-7-11-17-28)48-41(54)29-18-12-8-13-19-29)23-47(57)40(61-42(55)30-20-14-9-15-21-30)38-45(6,32(51)22-33-46(38,24-58-33)62-27(3)50)39(53)37(59-26(2)49)34(25)44(47,4)5/h7-21,31-33,35-38,40,51-52,57H,22-24H2,1-6H3,(H,48,54)/t31-,32-,33+,35-,36+,37+,38-,40-,45+,46-,47+/m0/s1/i10T. The summed E-state index contributed by atoms with van der Waals surface area (Å²) >= 11 is 0. The minimum atomic E-state index is -2.42. The van der Waals surface area contributed by atoms with Crippen molar-refractivity contribution in [1.82, 2.24) is 5.32 Å². The highest BCUT2D eigenvalue weighted by Crippen LogP contribution is 2.64. The molecule has 3 aliphatic carbocycles. The van der Waals surface area contributed by atoms with Crippen LogP contribution in [0.2, 0.25) is 0 Å². The maximum atomic E-state index is 15.5. The third-order valence-electron chi connectivity index (χ3n) is 13.4. The first-order valence-corrected chi connectivity index (χ1v) is 20.4. The van der Waals surface area contributed by atoms with Crippen LogP contribution in [0.1, 0.15) is 88.1 Å². The molecule has 0 aromatic heterocycles. The molecule has 11 atom stereocenters. The van der Waals surface area contributed by atoms with Crippen LogP contribution >= 0.6 is 0 Å². The smallest absolute Gasteiger partial charge is 0.338 e. The van der Waals surface area contributed by atoms with E-state index in [9.17, 15) is 39.3 Å². The van der Waals surface area contributed by atoms with Gasteiger partial charge in [0.25, 0.3) is 5.91 Å². The quantitative estimate of drug-likeness (QED) is 0.130. The Morgan fingerprint density at radius 2 is 1.50 bits per heavy atom. The number of nitrogens with one attached hydrogen (secondary N) is 1. The SMILES string of the molecule is [3H]c1cccc([C@H](NC(=O)c2ccccc2)[C@@H](O)C(=O)O[C@H]2C[C@@]3(O)[C@@H](OC(=O)c4ccccc4)[C@@H]4[C@]5(OC(C)=O)CO[C@@H]5C[C@H](O)[C@@]4(C)C(=O)[C@H](OC(C)=O)C(=C2C)C3(C)C)c1. The summed E-state index contributed by atoms with van der Waals surface area (Å²) < 4.78 is 38.4. The second-order valence-corrected chi connectivity index (χ2v) is 17.3. The number of hydrogen-bond donors (Lipinski definition) is 4. The number of ketones is 1. The molecular weight excluding hydrogens is 803 g/mol. The van der Waals surface area contributed by atoms with Crippen molar-refractivity contribution < 1.29 is 69.1 Å². The van der Waals surface area contributed by atoms with E-state index in [0.29, 0.717) is 0 Å². The maximum absolute atomic E-state index is 15.5. The number of ether oxygens (including phenoxy) is 5. The van der Waals surface area contributed by atoms with Crippen LogP contribution in [0.5, 0.6) is 0 Å².